The minimum atomic E-state index is -0.151. The van der Waals surface area contributed by atoms with E-state index in [1.165, 1.54) is 11.8 Å². The highest BCUT2D eigenvalue weighted by atomic mass is 16.1. The molecule has 4 N–H and O–H groups in total. The van der Waals surface area contributed by atoms with Crippen LogP contribution in [0.4, 0.5) is 5.69 Å². The van der Waals surface area contributed by atoms with E-state index in [0.717, 1.165) is 24.2 Å². The second-order valence-corrected chi connectivity index (χ2v) is 4.46. The Balaban J connectivity index is 2.07. The fourth-order valence-corrected chi connectivity index (χ4v) is 1.89. The van der Waals surface area contributed by atoms with Crippen LogP contribution < -0.4 is 11.1 Å². The molecule has 0 bridgehead atoms. The molecule has 1 heterocycles. The van der Waals surface area contributed by atoms with Crippen LogP contribution in [0.15, 0.2) is 30.5 Å². The van der Waals surface area contributed by atoms with Gasteiger partial charge in [-0.15, -0.1) is 0 Å². The van der Waals surface area contributed by atoms with Gasteiger partial charge in [-0.05, 0) is 44.0 Å². The highest BCUT2D eigenvalue weighted by Gasteiger charge is 2.10. The quantitative estimate of drug-likeness (QED) is 0.765. The standard InChI is InChI=1S/C14H18N4O/c1-10-13(9-16-18-10)14(19)17-12-6-2-4-11(8-12)5-3-7-15/h2,4,6,8-9H,3,5,7,15H2,1H3,(H,16,18)(H,17,19). The molecule has 0 spiro atoms. The first-order chi connectivity index (χ1) is 9.20. The zero-order chi connectivity index (χ0) is 13.7. The van der Waals surface area contributed by atoms with Crippen molar-refractivity contribution in [1.29, 1.82) is 0 Å². The number of aryl methyl sites for hydroxylation is 2. The second kappa shape index (κ2) is 6.15. The van der Waals surface area contributed by atoms with Crippen LogP contribution in [0.5, 0.6) is 0 Å². The number of carbonyl (C=O) groups excluding carboxylic acids is 1. The second-order valence-electron chi connectivity index (χ2n) is 4.46. The number of aromatic nitrogens is 2. The van der Waals surface area contributed by atoms with Gasteiger partial charge in [0.25, 0.3) is 5.91 Å². The van der Waals surface area contributed by atoms with Crippen LogP contribution in [0.25, 0.3) is 0 Å². The number of nitrogens with one attached hydrogen (secondary N) is 2. The van der Waals surface area contributed by atoms with Crippen LogP contribution in [0.1, 0.15) is 28.0 Å². The minimum Gasteiger partial charge on any atom is -0.330 e. The summed E-state index contributed by atoms with van der Waals surface area (Å²) in [5.41, 5.74) is 8.78. The number of amides is 1. The molecule has 0 fully saturated rings. The maximum atomic E-state index is 12.0. The highest BCUT2D eigenvalue weighted by Crippen LogP contribution is 2.14. The molecule has 1 aromatic carbocycles. The molecule has 5 heteroatoms. The van der Waals surface area contributed by atoms with Gasteiger partial charge in [-0.25, -0.2) is 0 Å². The molecule has 0 aliphatic carbocycles. The van der Waals surface area contributed by atoms with Crippen molar-refractivity contribution >= 4 is 11.6 Å². The molecule has 1 amide bonds. The lowest BCUT2D eigenvalue weighted by molar-refractivity contribution is 0.102. The number of nitrogens with zero attached hydrogens (tertiary/aromatic N) is 1. The number of H-pyrrole nitrogens is 1. The van der Waals surface area contributed by atoms with Crippen molar-refractivity contribution in [2.45, 2.75) is 19.8 Å². The molecule has 19 heavy (non-hydrogen) atoms. The third-order valence-electron chi connectivity index (χ3n) is 2.93. The summed E-state index contributed by atoms with van der Waals surface area (Å²) in [6, 6.07) is 7.82. The summed E-state index contributed by atoms with van der Waals surface area (Å²) < 4.78 is 0. The van der Waals surface area contributed by atoms with Crippen LogP contribution >= 0.6 is 0 Å². The lowest BCUT2D eigenvalue weighted by Crippen LogP contribution is -2.12. The number of hydrogen-bond acceptors (Lipinski definition) is 3. The van der Waals surface area contributed by atoms with E-state index in [4.69, 9.17) is 5.73 Å². The van der Waals surface area contributed by atoms with Crippen molar-refractivity contribution in [2.75, 3.05) is 11.9 Å². The minimum absolute atomic E-state index is 0.151. The summed E-state index contributed by atoms with van der Waals surface area (Å²) in [5, 5.41) is 9.46. The Kier molecular flexibility index (Phi) is 4.30. The van der Waals surface area contributed by atoms with E-state index in [0.29, 0.717) is 12.1 Å². The predicted molar refractivity (Wildman–Crippen MR) is 75.1 cm³/mol. The topological polar surface area (TPSA) is 83.8 Å². The van der Waals surface area contributed by atoms with Crippen molar-refractivity contribution in [1.82, 2.24) is 10.2 Å². The number of rotatable bonds is 5. The van der Waals surface area contributed by atoms with Crippen LogP contribution in [-0.2, 0) is 6.42 Å². The van der Waals surface area contributed by atoms with Gasteiger partial charge in [0, 0.05) is 11.4 Å². The first-order valence-corrected chi connectivity index (χ1v) is 6.31. The average molecular weight is 258 g/mol. The maximum Gasteiger partial charge on any atom is 0.259 e. The third kappa shape index (κ3) is 3.42. The number of nitrogens with two attached hydrogens (primary N) is 1. The van der Waals surface area contributed by atoms with Crippen molar-refractivity contribution in [3.05, 3.63) is 47.3 Å². The van der Waals surface area contributed by atoms with E-state index in [2.05, 4.69) is 15.5 Å². The molecule has 0 unspecified atom stereocenters. The average Bonchev–Trinajstić information content (AvgIpc) is 2.83. The van der Waals surface area contributed by atoms with Gasteiger partial charge in [0.1, 0.15) is 0 Å². The summed E-state index contributed by atoms with van der Waals surface area (Å²) in [4.78, 5) is 12.0. The molecular formula is C14H18N4O. The zero-order valence-corrected chi connectivity index (χ0v) is 10.9. The zero-order valence-electron chi connectivity index (χ0n) is 10.9. The first-order valence-electron chi connectivity index (χ1n) is 6.31. The molecule has 2 aromatic rings. The predicted octanol–water partition coefficient (Wildman–Crippen LogP) is 1.86. The maximum absolute atomic E-state index is 12.0. The molecule has 0 aliphatic rings. The molecule has 5 nitrogen and oxygen atoms in total. The number of carbonyl (C=O) groups is 1. The van der Waals surface area contributed by atoms with Crippen molar-refractivity contribution < 1.29 is 4.79 Å². The number of aromatic amines is 1. The Bertz CT molecular complexity index is 562. The van der Waals surface area contributed by atoms with E-state index in [1.54, 1.807) is 0 Å². The molecule has 0 radical (unpaired) electrons. The Morgan fingerprint density at radius 3 is 3.00 bits per heavy atom. The Labute approximate surface area is 112 Å². The van der Waals surface area contributed by atoms with Gasteiger partial charge >= 0.3 is 0 Å². The fourth-order valence-electron chi connectivity index (χ4n) is 1.89. The number of anilines is 1. The normalized spacial score (nSPS) is 10.4. The Hall–Kier alpha value is -2.14. The van der Waals surface area contributed by atoms with E-state index in [9.17, 15) is 4.79 Å². The lowest BCUT2D eigenvalue weighted by atomic mass is 10.1. The molecule has 2 rings (SSSR count). The molecular weight excluding hydrogens is 240 g/mol. The van der Waals surface area contributed by atoms with Crippen LogP contribution in [0.3, 0.4) is 0 Å². The fraction of sp³-hybridized carbons (Fsp3) is 0.286. The van der Waals surface area contributed by atoms with Gasteiger partial charge in [0.2, 0.25) is 0 Å². The Morgan fingerprint density at radius 1 is 1.47 bits per heavy atom. The third-order valence-corrected chi connectivity index (χ3v) is 2.93. The van der Waals surface area contributed by atoms with E-state index < -0.39 is 0 Å². The summed E-state index contributed by atoms with van der Waals surface area (Å²) in [6.07, 6.45) is 3.39. The Morgan fingerprint density at radius 2 is 2.32 bits per heavy atom. The largest absolute Gasteiger partial charge is 0.330 e. The smallest absolute Gasteiger partial charge is 0.259 e. The number of benzene rings is 1. The lowest BCUT2D eigenvalue weighted by Gasteiger charge is -2.07. The molecule has 0 saturated carbocycles. The van der Waals surface area contributed by atoms with Gasteiger partial charge in [0.05, 0.1) is 11.8 Å². The van der Waals surface area contributed by atoms with Gasteiger partial charge < -0.3 is 11.1 Å². The molecule has 0 saturated heterocycles. The van der Waals surface area contributed by atoms with Crippen LogP contribution in [-0.4, -0.2) is 22.6 Å². The molecule has 0 aliphatic heterocycles. The van der Waals surface area contributed by atoms with Gasteiger partial charge in [-0.1, -0.05) is 12.1 Å². The first kappa shape index (κ1) is 13.3. The molecule has 0 atom stereocenters. The van der Waals surface area contributed by atoms with Gasteiger partial charge in [0.15, 0.2) is 0 Å². The van der Waals surface area contributed by atoms with Crippen molar-refractivity contribution in [3.63, 3.8) is 0 Å². The molecule has 100 valence electrons. The van der Waals surface area contributed by atoms with Gasteiger partial charge in [-0.2, -0.15) is 5.10 Å². The monoisotopic (exact) mass is 258 g/mol. The van der Waals surface area contributed by atoms with Crippen molar-refractivity contribution in [3.8, 4) is 0 Å². The number of hydrogen-bond donors (Lipinski definition) is 3. The van der Waals surface area contributed by atoms with E-state index in [1.807, 2.05) is 31.2 Å². The van der Waals surface area contributed by atoms with E-state index >= 15 is 0 Å². The van der Waals surface area contributed by atoms with Crippen LogP contribution in [0.2, 0.25) is 0 Å². The van der Waals surface area contributed by atoms with Crippen LogP contribution in [0, 0.1) is 6.92 Å². The SMILES string of the molecule is Cc1[nH]ncc1C(=O)Nc1cccc(CCCN)c1. The van der Waals surface area contributed by atoms with Crippen molar-refractivity contribution in [2.24, 2.45) is 5.73 Å². The van der Waals surface area contributed by atoms with E-state index in [-0.39, 0.29) is 5.91 Å². The highest BCUT2D eigenvalue weighted by molar-refractivity contribution is 6.04. The summed E-state index contributed by atoms with van der Waals surface area (Å²) in [5.74, 6) is -0.151. The molecule has 1 aromatic heterocycles. The summed E-state index contributed by atoms with van der Waals surface area (Å²) in [6.45, 7) is 2.49. The van der Waals surface area contributed by atoms with Gasteiger partial charge in [-0.3, -0.25) is 9.89 Å². The summed E-state index contributed by atoms with van der Waals surface area (Å²) >= 11 is 0. The summed E-state index contributed by atoms with van der Waals surface area (Å²) in [7, 11) is 0.